The first-order chi connectivity index (χ1) is 9.70. The van der Waals surface area contributed by atoms with Crippen LogP contribution in [0.25, 0.3) is 0 Å². The molecule has 1 aromatic heterocycles. The number of carbonyl (C=O) groups is 1. The summed E-state index contributed by atoms with van der Waals surface area (Å²) in [4.78, 5) is 12.1. The zero-order valence-corrected chi connectivity index (χ0v) is 11.9. The van der Waals surface area contributed by atoms with E-state index in [9.17, 15) is 4.79 Å². The van der Waals surface area contributed by atoms with Crippen LogP contribution in [0.3, 0.4) is 0 Å². The van der Waals surface area contributed by atoms with Crippen molar-refractivity contribution in [3.63, 3.8) is 0 Å². The summed E-state index contributed by atoms with van der Waals surface area (Å²) in [6, 6.07) is 5.80. The molecule has 0 aliphatic rings. The third kappa shape index (κ3) is 3.60. The molecule has 0 saturated heterocycles. The molecular formula is C15H20N4O. The monoisotopic (exact) mass is 272 g/mol. The van der Waals surface area contributed by atoms with Crippen LogP contribution in [0.2, 0.25) is 0 Å². The Labute approximate surface area is 118 Å². The number of nitrogens with zero attached hydrogens (tertiary/aromatic N) is 1. The predicted octanol–water partition coefficient (Wildman–Crippen LogP) is 2.47. The van der Waals surface area contributed by atoms with Crippen LogP contribution < -0.4 is 10.6 Å². The molecule has 1 heterocycles. The summed E-state index contributed by atoms with van der Waals surface area (Å²) in [5, 5.41) is 12.8. The van der Waals surface area contributed by atoms with Gasteiger partial charge in [0.2, 0.25) is 0 Å². The van der Waals surface area contributed by atoms with Gasteiger partial charge in [-0.05, 0) is 37.1 Å². The normalized spacial score (nSPS) is 10.3. The summed E-state index contributed by atoms with van der Waals surface area (Å²) in [5.74, 6) is -0.0641. The number of nitrogens with one attached hydrogen (secondary N) is 3. The standard InChI is InChI=1S/C15H20N4O/c1-3-6-16-13-4-5-14(11(2)7-13)15(20)17-8-12-9-18-19-10-12/h4-5,7,9-10,16H,3,6,8H2,1-2H3,(H,17,20)(H,18,19). The molecule has 0 bridgehead atoms. The van der Waals surface area contributed by atoms with Gasteiger partial charge in [-0.25, -0.2) is 0 Å². The minimum Gasteiger partial charge on any atom is -0.385 e. The van der Waals surface area contributed by atoms with Crippen molar-refractivity contribution in [1.82, 2.24) is 15.5 Å². The van der Waals surface area contributed by atoms with Gasteiger partial charge in [0.15, 0.2) is 0 Å². The Kier molecular flexibility index (Phi) is 4.76. The minimum atomic E-state index is -0.0641. The number of amides is 1. The molecule has 0 atom stereocenters. The number of H-pyrrole nitrogens is 1. The molecule has 2 rings (SSSR count). The van der Waals surface area contributed by atoms with Crippen LogP contribution in [-0.2, 0) is 6.54 Å². The van der Waals surface area contributed by atoms with Crippen molar-refractivity contribution < 1.29 is 4.79 Å². The van der Waals surface area contributed by atoms with Crippen LogP contribution >= 0.6 is 0 Å². The van der Waals surface area contributed by atoms with Gasteiger partial charge >= 0.3 is 0 Å². The third-order valence-electron chi connectivity index (χ3n) is 3.06. The quantitative estimate of drug-likeness (QED) is 0.756. The van der Waals surface area contributed by atoms with Crippen molar-refractivity contribution in [2.75, 3.05) is 11.9 Å². The molecular weight excluding hydrogens is 252 g/mol. The summed E-state index contributed by atoms with van der Waals surface area (Å²) < 4.78 is 0. The zero-order valence-electron chi connectivity index (χ0n) is 11.9. The molecule has 0 unspecified atom stereocenters. The van der Waals surface area contributed by atoms with Crippen LogP contribution in [0.4, 0.5) is 5.69 Å². The molecule has 106 valence electrons. The molecule has 0 aliphatic heterocycles. The predicted molar refractivity (Wildman–Crippen MR) is 79.7 cm³/mol. The average Bonchev–Trinajstić information content (AvgIpc) is 2.96. The first-order valence-electron chi connectivity index (χ1n) is 6.81. The molecule has 0 fully saturated rings. The number of aromatic nitrogens is 2. The molecule has 2 aromatic rings. The van der Waals surface area contributed by atoms with Gasteiger partial charge in [0, 0.05) is 36.1 Å². The van der Waals surface area contributed by atoms with Crippen molar-refractivity contribution in [1.29, 1.82) is 0 Å². The number of hydrogen-bond acceptors (Lipinski definition) is 3. The van der Waals surface area contributed by atoms with E-state index in [0.717, 1.165) is 29.8 Å². The highest BCUT2D eigenvalue weighted by Crippen LogP contribution is 2.15. The summed E-state index contributed by atoms with van der Waals surface area (Å²) in [6.07, 6.45) is 4.54. The first kappa shape index (κ1) is 14.1. The number of aromatic amines is 1. The van der Waals surface area contributed by atoms with E-state index < -0.39 is 0 Å². The van der Waals surface area contributed by atoms with Gasteiger partial charge < -0.3 is 10.6 Å². The molecule has 1 amide bonds. The van der Waals surface area contributed by atoms with Gasteiger partial charge in [0.1, 0.15) is 0 Å². The Morgan fingerprint density at radius 2 is 2.25 bits per heavy atom. The van der Waals surface area contributed by atoms with Crippen molar-refractivity contribution in [2.24, 2.45) is 0 Å². The van der Waals surface area contributed by atoms with E-state index in [-0.39, 0.29) is 5.91 Å². The number of anilines is 1. The van der Waals surface area contributed by atoms with Gasteiger partial charge in [-0.1, -0.05) is 6.92 Å². The zero-order chi connectivity index (χ0) is 14.4. The van der Waals surface area contributed by atoms with E-state index in [4.69, 9.17) is 0 Å². The number of benzene rings is 1. The molecule has 5 nitrogen and oxygen atoms in total. The number of aryl methyl sites for hydroxylation is 1. The van der Waals surface area contributed by atoms with Crippen molar-refractivity contribution in [3.05, 3.63) is 47.3 Å². The van der Waals surface area contributed by atoms with E-state index in [2.05, 4.69) is 27.8 Å². The molecule has 1 aromatic carbocycles. The van der Waals surface area contributed by atoms with Crippen LogP contribution in [0.5, 0.6) is 0 Å². The maximum Gasteiger partial charge on any atom is 0.251 e. The SMILES string of the molecule is CCCNc1ccc(C(=O)NCc2cn[nH]c2)c(C)c1. The highest BCUT2D eigenvalue weighted by molar-refractivity contribution is 5.96. The highest BCUT2D eigenvalue weighted by atomic mass is 16.1. The number of carbonyl (C=O) groups excluding carboxylic acids is 1. The molecule has 0 spiro atoms. The highest BCUT2D eigenvalue weighted by Gasteiger charge is 2.09. The number of rotatable bonds is 6. The minimum absolute atomic E-state index is 0.0641. The Bertz CT molecular complexity index is 563. The van der Waals surface area contributed by atoms with Gasteiger partial charge in [-0.2, -0.15) is 5.10 Å². The average molecular weight is 272 g/mol. The van der Waals surface area contributed by atoms with Gasteiger partial charge in [0.25, 0.3) is 5.91 Å². The summed E-state index contributed by atoms with van der Waals surface area (Å²) in [5.41, 5.74) is 3.68. The van der Waals surface area contributed by atoms with Gasteiger partial charge in [-0.15, -0.1) is 0 Å². The molecule has 0 aliphatic carbocycles. The lowest BCUT2D eigenvalue weighted by Gasteiger charge is -2.10. The fraction of sp³-hybridized carbons (Fsp3) is 0.333. The van der Waals surface area contributed by atoms with E-state index in [1.54, 1.807) is 12.4 Å². The Balaban J connectivity index is 1.98. The van der Waals surface area contributed by atoms with Crippen molar-refractivity contribution >= 4 is 11.6 Å². The summed E-state index contributed by atoms with van der Waals surface area (Å²) in [6.45, 7) is 5.48. The van der Waals surface area contributed by atoms with Crippen LogP contribution in [-0.4, -0.2) is 22.6 Å². The van der Waals surface area contributed by atoms with Gasteiger partial charge in [0.05, 0.1) is 6.20 Å². The molecule has 5 heteroatoms. The van der Waals surface area contributed by atoms with E-state index in [1.807, 2.05) is 25.1 Å². The maximum atomic E-state index is 12.1. The molecule has 0 radical (unpaired) electrons. The molecule has 20 heavy (non-hydrogen) atoms. The lowest BCUT2D eigenvalue weighted by atomic mass is 10.1. The molecule has 3 N–H and O–H groups in total. The Morgan fingerprint density at radius 1 is 1.40 bits per heavy atom. The molecule has 0 saturated carbocycles. The summed E-state index contributed by atoms with van der Waals surface area (Å²) in [7, 11) is 0. The van der Waals surface area contributed by atoms with Crippen LogP contribution in [0.1, 0.15) is 34.8 Å². The Hall–Kier alpha value is -2.30. The van der Waals surface area contributed by atoms with Crippen molar-refractivity contribution in [3.8, 4) is 0 Å². The third-order valence-corrected chi connectivity index (χ3v) is 3.06. The first-order valence-corrected chi connectivity index (χ1v) is 6.81. The Morgan fingerprint density at radius 3 is 2.90 bits per heavy atom. The fourth-order valence-corrected chi connectivity index (χ4v) is 1.95. The van der Waals surface area contributed by atoms with Crippen molar-refractivity contribution in [2.45, 2.75) is 26.8 Å². The van der Waals surface area contributed by atoms with E-state index >= 15 is 0 Å². The second-order valence-electron chi connectivity index (χ2n) is 4.75. The summed E-state index contributed by atoms with van der Waals surface area (Å²) >= 11 is 0. The lowest BCUT2D eigenvalue weighted by Crippen LogP contribution is -2.23. The van der Waals surface area contributed by atoms with Crippen LogP contribution in [0.15, 0.2) is 30.6 Å². The van der Waals surface area contributed by atoms with Gasteiger partial charge in [-0.3, -0.25) is 9.89 Å². The largest absolute Gasteiger partial charge is 0.385 e. The smallest absolute Gasteiger partial charge is 0.251 e. The second kappa shape index (κ2) is 6.75. The topological polar surface area (TPSA) is 69.8 Å². The van der Waals surface area contributed by atoms with E-state index in [0.29, 0.717) is 12.1 Å². The van der Waals surface area contributed by atoms with Crippen LogP contribution in [0, 0.1) is 6.92 Å². The lowest BCUT2D eigenvalue weighted by molar-refractivity contribution is 0.0950. The fourth-order valence-electron chi connectivity index (χ4n) is 1.95. The maximum absolute atomic E-state index is 12.1. The second-order valence-corrected chi connectivity index (χ2v) is 4.75. The van der Waals surface area contributed by atoms with E-state index in [1.165, 1.54) is 0 Å². The number of hydrogen-bond donors (Lipinski definition) is 3.